The molecule has 4 N–H and O–H groups in total. The highest BCUT2D eigenvalue weighted by Crippen LogP contribution is 2.23. The van der Waals surface area contributed by atoms with E-state index in [1.54, 1.807) is 56.5 Å². The van der Waals surface area contributed by atoms with Crippen molar-refractivity contribution in [3.8, 4) is 5.75 Å². The third-order valence-corrected chi connectivity index (χ3v) is 4.08. The van der Waals surface area contributed by atoms with E-state index in [-0.39, 0.29) is 17.7 Å². The van der Waals surface area contributed by atoms with Crippen LogP contribution in [0.15, 0.2) is 42.5 Å². The Hall–Kier alpha value is -3.06. The monoisotopic (exact) mass is 371 g/mol. The standard InChI is InChI=1S/C20H25N3O4/c1-13-12-15(19(25)21-10-11-27-3)8-9-17(13)23-20(26)22-14(2)16-6-4-5-7-18(16)24/h4-9,12,14,24H,10-11H2,1-3H3,(H,21,25)(H2,22,23,26)/t14-/m1/s1. The molecule has 7 nitrogen and oxygen atoms in total. The van der Waals surface area contributed by atoms with Gasteiger partial charge < -0.3 is 25.8 Å². The quantitative estimate of drug-likeness (QED) is 0.562. The summed E-state index contributed by atoms with van der Waals surface area (Å²) in [6.07, 6.45) is 0. The number of carbonyl (C=O) groups excluding carboxylic acids is 2. The summed E-state index contributed by atoms with van der Waals surface area (Å²) in [5.74, 6) is -0.0651. The molecule has 2 rings (SSSR count). The van der Waals surface area contributed by atoms with Crippen LogP contribution in [0.1, 0.15) is 34.5 Å². The Morgan fingerprint density at radius 3 is 2.59 bits per heavy atom. The van der Waals surface area contributed by atoms with Crippen LogP contribution in [0.25, 0.3) is 0 Å². The Balaban J connectivity index is 1.97. The number of carbonyl (C=O) groups is 2. The minimum absolute atomic E-state index is 0.130. The van der Waals surface area contributed by atoms with Crippen LogP contribution >= 0.6 is 0 Å². The topological polar surface area (TPSA) is 99.7 Å². The maximum atomic E-state index is 12.3. The fourth-order valence-electron chi connectivity index (χ4n) is 2.60. The Morgan fingerprint density at radius 1 is 1.19 bits per heavy atom. The molecular weight excluding hydrogens is 346 g/mol. The summed E-state index contributed by atoms with van der Waals surface area (Å²) < 4.78 is 4.90. The van der Waals surface area contributed by atoms with Crippen molar-refractivity contribution in [2.24, 2.45) is 0 Å². The molecule has 0 aliphatic rings. The highest BCUT2D eigenvalue weighted by molar-refractivity contribution is 5.96. The van der Waals surface area contributed by atoms with Crippen molar-refractivity contribution in [2.45, 2.75) is 19.9 Å². The van der Waals surface area contributed by atoms with E-state index in [4.69, 9.17) is 4.74 Å². The van der Waals surface area contributed by atoms with Gasteiger partial charge in [-0.15, -0.1) is 0 Å². The van der Waals surface area contributed by atoms with Crippen LogP contribution in [-0.2, 0) is 4.74 Å². The zero-order valence-corrected chi connectivity index (χ0v) is 15.7. The number of hydrogen-bond acceptors (Lipinski definition) is 4. The van der Waals surface area contributed by atoms with E-state index in [2.05, 4.69) is 16.0 Å². The van der Waals surface area contributed by atoms with Gasteiger partial charge in [0.2, 0.25) is 0 Å². The van der Waals surface area contributed by atoms with Crippen molar-refractivity contribution >= 4 is 17.6 Å². The van der Waals surface area contributed by atoms with Crippen LogP contribution in [0.2, 0.25) is 0 Å². The maximum absolute atomic E-state index is 12.3. The molecule has 1 atom stereocenters. The Bertz CT molecular complexity index is 808. The maximum Gasteiger partial charge on any atom is 0.319 e. The van der Waals surface area contributed by atoms with E-state index in [9.17, 15) is 14.7 Å². The van der Waals surface area contributed by atoms with Crippen LogP contribution in [0.5, 0.6) is 5.75 Å². The number of amides is 3. The zero-order valence-electron chi connectivity index (χ0n) is 15.7. The minimum atomic E-state index is -0.397. The molecule has 0 aromatic heterocycles. The molecule has 0 radical (unpaired) electrons. The first-order valence-corrected chi connectivity index (χ1v) is 8.65. The molecule has 0 bridgehead atoms. The Labute approximate surface area is 158 Å². The van der Waals surface area contributed by atoms with Gasteiger partial charge in [-0.25, -0.2) is 4.79 Å². The molecule has 27 heavy (non-hydrogen) atoms. The van der Waals surface area contributed by atoms with Crippen molar-refractivity contribution in [1.82, 2.24) is 10.6 Å². The van der Waals surface area contributed by atoms with Crippen LogP contribution in [0, 0.1) is 6.92 Å². The average molecular weight is 371 g/mol. The largest absolute Gasteiger partial charge is 0.508 e. The summed E-state index contributed by atoms with van der Waals surface area (Å²) in [7, 11) is 1.57. The van der Waals surface area contributed by atoms with Gasteiger partial charge in [0.25, 0.3) is 5.91 Å². The van der Waals surface area contributed by atoms with E-state index in [0.717, 1.165) is 5.56 Å². The summed E-state index contributed by atoms with van der Waals surface area (Å²) in [5.41, 5.74) is 2.51. The van der Waals surface area contributed by atoms with Crippen molar-refractivity contribution < 1.29 is 19.4 Å². The van der Waals surface area contributed by atoms with Gasteiger partial charge in [0, 0.05) is 30.5 Å². The third kappa shape index (κ3) is 5.72. The van der Waals surface area contributed by atoms with Crippen molar-refractivity contribution in [2.75, 3.05) is 25.6 Å². The van der Waals surface area contributed by atoms with Crippen LogP contribution in [0.3, 0.4) is 0 Å². The number of phenols is 1. The van der Waals surface area contributed by atoms with E-state index in [1.165, 1.54) is 0 Å². The average Bonchev–Trinajstić information content (AvgIpc) is 2.63. The molecule has 0 heterocycles. The van der Waals surface area contributed by atoms with Gasteiger partial charge in [-0.3, -0.25) is 4.79 Å². The summed E-state index contributed by atoms with van der Waals surface area (Å²) in [5, 5.41) is 18.2. The number of hydrogen-bond donors (Lipinski definition) is 4. The highest BCUT2D eigenvalue weighted by Gasteiger charge is 2.14. The number of anilines is 1. The molecule has 144 valence electrons. The van der Waals surface area contributed by atoms with Gasteiger partial charge in [-0.05, 0) is 43.7 Å². The number of urea groups is 1. The van der Waals surface area contributed by atoms with Crippen LogP contribution in [-0.4, -0.2) is 37.3 Å². The smallest absolute Gasteiger partial charge is 0.319 e. The number of ether oxygens (including phenoxy) is 1. The molecule has 3 amide bonds. The molecule has 2 aromatic carbocycles. The third-order valence-electron chi connectivity index (χ3n) is 4.08. The lowest BCUT2D eigenvalue weighted by Gasteiger charge is -2.17. The van der Waals surface area contributed by atoms with E-state index in [0.29, 0.717) is 30.0 Å². The zero-order chi connectivity index (χ0) is 19.8. The van der Waals surface area contributed by atoms with Crippen LogP contribution in [0.4, 0.5) is 10.5 Å². The molecule has 0 saturated heterocycles. The Kier molecular flexibility index (Phi) is 7.19. The molecule has 0 aliphatic carbocycles. The summed E-state index contributed by atoms with van der Waals surface area (Å²) in [6.45, 7) is 4.48. The van der Waals surface area contributed by atoms with Gasteiger partial charge >= 0.3 is 6.03 Å². The molecule has 0 fully saturated rings. The Morgan fingerprint density at radius 2 is 1.93 bits per heavy atom. The number of rotatable bonds is 7. The molecular formula is C20H25N3O4. The van der Waals surface area contributed by atoms with Crippen LogP contribution < -0.4 is 16.0 Å². The first kappa shape index (κ1) is 20.3. The fourth-order valence-corrected chi connectivity index (χ4v) is 2.60. The molecule has 0 aliphatic heterocycles. The fraction of sp³-hybridized carbons (Fsp3) is 0.300. The molecule has 2 aromatic rings. The predicted molar refractivity (Wildman–Crippen MR) is 104 cm³/mol. The first-order chi connectivity index (χ1) is 12.9. The molecule has 0 saturated carbocycles. The molecule has 0 unspecified atom stereocenters. The number of nitrogens with one attached hydrogen (secondary N) is 3. The number of methoxy groups -OCH3 is 1. The minimum Gasteiger partial charge on any atom is -0.508 e. The first-order valence-electron chi connectivity index (χ1n) is 8.65. The van der Waals surface area contributed by atoms with Gasteiger partial charge in [0.1, 0.15) is 5.75 Å². The highest BCUT2D eigenvalue weighted by atomic mass is 16.5. The number of para-hydroxylation sites is 1. The second-order valence-corrected chi connectivity index (χ2v) is 6.16. The SMILES string of the molecule is COCCNC(=O)c1ccc(NC(=O)N[C@H](C)c2ccccc2O)c(C)c1. The number of aryl methyl sites for hydroxylation is 1. The van der Waals surface area contributed by atoms with Crippen molar-refractivity contribution in [3.05, 3.63) is 59.2 Å². The summed E-state index contributed by atoms with van der Waals surface area (Å²) >= 11 is 0. The van der Waals surface area contributed by atoms with E-state index in [1.807, 2.05) is 6.92 Å². The van der Waals surface area contributed by atoms with Gasteiger partial charge in [0.15, 0.2) is 0 Å². The summed E-state index contributed by atoms with van der Waals surface area (Å²) in [6, 6.07) is 11.1. The number of benzene rings is 2. The second-order valence-electron chi connectivity index (χ2n) is 6.16. The lowest BCUT2D eigenvalue weighted by molar-refractivity contribution is 0.0937. The normalized spacial score (nSPS) is 11.5. The number of aromatic hydroxyl groups is 1. The summed E-state index contributed by atoms with van der Waals surface area (Å²) in [4.78, 5) is 24.3. The van der Waals surface area contributed by atoms with Gasteiger partial charge in [0.05, 0.1) is 12.6 Å². The van der Waals surface area contributed by atoms with E-state index < -0.39 is 6.03 Å². The molecule has 0 spiro atoms. The van der Waals surface area contributed by atoms with Gasteiger partial charge in [-0.2, -0.15) is 0 Å². The predicted octanol–water partition coefficient (Wildman–Crippen LogP) is 2.96. The number of phenolic OH excluding ortho intramolecular Hbond substituents is 1. The van der Waals surface area contributed by atoms with Crippen molar-refractivity contribution in [3.63, 3.8) is 0 Å². The van der Waals surface area contributed by atoms with Crippen molar-refractivity contribution in [1.29, 1.82) is 0 Å². The molecule has 7 heteroatoms. The second kappa shape index (κ2) is 9.59. The van der Waals surface area contributed by atoms with E-state index >= 15 is 0 Å². The van der Waals surface area contributed by atoms with Gasteiger partial charge in [-0.1, -0.05) is 18.2 Å². The lowest BCUT2D eigenvalue weighted by atomic mass is 10.1. The lowest BCUT2D eigenvalue weighted by Crippen LogP contribution is -2.31.